The van der Waals surface area contributed by atoms with Gasteiger partial charge in [-0.25, -0.2) is 4.98 Å². The molecule has 0 fully saturated rings. The van der Waals surface area contributed by atoms with E-state index in [1.807, 2.05) is 0 Å². The van der Waals surface area contributed by atoms with Crippen molar-refractivity contribution >= 4 is 18.2 Å². The third-order valence-corrected chi connectivity index (χ3v) is 0.881. The lowest BCUT2D eigenvalue weighted by molar-refractivity contribution is -0.105. The minimum Gasteiger partial charge on any atom is -0.368 e. The van der Waals surface area contributed by atoms with Crippen LogP contribution in [-0.4, -0.2) is 16.4 Å². The Balaban J connectivity index is 2.84. The highest BCUT2D eigenvalue weighted by atomic mass is 16.1. The number of nitrogens with one attached hydrogen (secondary N) is 1. The van der Waals surface area contributed by atoms with Gasteiger partial charge in [-0.1, -0.05) is 0 Å². The molecule has 1 rings (SSSR count). The predicted molar refractivity (Wildman–Crippen MR) is 36.1 cm³/mol. The number of hydrogen-bond acceptors (Lipinski definition) is 4. The number of carbonyl (C=O) groups is 1. The van der Waals surface area contributed by atoms with Gasteiger partial charge in [-0.05, 0) is 6.07 Å². The van der Waals surface area contributed by atoms with Gasteiger partial charge in [0.05, 0.1) is 0 Å². The van der Waals surface area contributed by atoms with Crippen molar-refractivity contribution in [3.8, 4) is 0 Å². The van der Waals surface area contributed by atoms with Crippen LogP contribution in [-0.2, 0) is 4.79 Å². The zero-order valence-electron chi connectivity index (χ0n) is 5.11. The SMILES string of the molecule is Nc1nccc(NC=O)n1. The first-order valence-electron chi connectivity index (χ1n) is 2.61. The van der Waals surface area contributed by atoms with Crippen molar-refractivity contribution in [2.24, 2.45) is 0 Å². The number of nitrogens with two attached hydrogens (primary N) is 1. The summed E-state index contributed by atoms with van der Waals surface area (Å²) >= 11 is 0. The zero-order chi connectivity index (χ0) is 7.40. The summed E-state index contributed by atoms with van der Waals surface area (Å²) in [6.07, 6.45) is 2.00. The van der Waals surface area contributed by atoms with E-state index in [0.717, 1.165) is 0 Å². The second kappa shape index (κ2) is 2.77. The number of anilines is 2. The van der Waals surface area contributed by atoms with E-state index in [1.165, 1.54) is 6.20 Å². The van der Waals surface area contributed by atoms with E-state index in [1.54, 1.807) is 6.07 Å². The van der Waals surface area contributed by atoms with Crippen molar-refractivity contribution < 1.29 is 4.79 Å². The Morgan fingerprint density at radius 1 is 1.70 bits per heavy atom. The fourth-order valence-corrected chi connectivity index (χ4v) is 0.515. The van der Waals surface area contributed by atoms with Gasteiger partial charge in [0.1, 0.15) is 5.82 Å². The molecule has 0 aromatic carbocycles. The molecule has 0 saturated heterocycles. The van der Waals surface area contributed by atoms with Gasteiger partial charge < -0.3 is 11.1 Å². The smallest absolute Gasteiger partial charge is 0.221 e. The van der Waals surface area contributed by atoms with E-state index in [-0.39, 0.29) is 5.95 Å². The van der Waals surface area contributed by atoms with Gasteiger partial charge >= 0.3 is 0 Å². The maximum atomic E-state index is 9.87. The molecule has 10 heavy (non-hydrogen) atoms. The molecule has 1 aromatic heterocycles. The van der Waals surface area contributed by atoms with Crippen molar-refractivity contribution in [2.45, 2.75) is 0 Å². The van der Waals surface area contributed by atoms with Crippen molar-refractivity contribution in [2.75, 3.05) is 11.1 Å². The Morgan fingerprint density at radius 3 is 3.10 bits per heavy atom. The summed E-state index contributed by atoms with van der Waals surface area (Å²) in [5.41, 5.74) is 5.21. The first-order valence-corrected chi connectivity index (χ1v) is 2.61. The van der Waals surface area contributed by atoms with Crippen LogP contribution in [0.2, 0.25) is 0 Å². The van der Waals surface area contributed by atoms with E-state index >= 15 is 0 Å². The fraction of sp³-hybridized carbons (Fsp3) is 0. The van der Waals surface area contributed by atoms with Crippen LogP contribution in [0.1, 0.15) is 0 Å². The molecule has 52 valence electrons. The van der Waals surface area contributed by atoms with Crippen LogP contribution in [0, 0.1) is 0 Å². The number of hydrogen-bond donors (Lipinski definition) is 2. The highest BCUT2D eigenvalue weighted by Gasteiger charge is 1.90. The summed E-state index contributed by atoms with van der Waals surface area (Å²) in [6, 6.07) is 1.55. The lowest BCUT2D eigenvalue weighted by atomic mass is 10.6. The van der Waals surface area contributed by atoms with Crippen LogP contribution >= 0.6 is 0 Å². The maximum Gasteiger partial charge on any atom is 0.221 e. The summed E-state index contributed by atoms with van der Waals surface area (Å²) < 4.78 is 0. The Morgan fingerprint density at radius 2 is 2.50 bits per heavy atom. The van der Waals surface area contributed by atoms with E-state index in [9.17, 15) is 4.79 Å². The molecule has 0 atom stereocenters. The molecule has 0 unspecified atom stereocenters. The van der Waals surface area contributed by atoms with Gasteiger partial charge in [-0.2, -0.15) is 4.98 Å². The van der Waals surface area contributed by atoms with Gasteiger partial charge in [-0.3, -0.25) is 4.79 Å². The summed E-state index contributed by atoms with van der Waals surface area (Å²) in [5.74, 6) is 0.550. The number of rotatable bonds is 2. The van der Waals surface area contributed by atoms with E-state index < -0.39 is 0 Å². The van der Waals surface area contributed by atoms with Crippen LogP contribution in [0.3, 0.4) is 0 Å². The second-order valence-corrected chi connectivity index (χ2v) is 1.56. The molecule has 5 heteroatoms. The average Bonchev–Trinajstić information content (AvgIpc) is 1.88. The molecule has 0 bridgehead atoms. The quantitative estimate of drug-likeness (QED) is 0.546. The second-order valence-electron chi connectivity index (χ2n) is 1.56. The topological polar surface area (TPSA) is 80.9 Å². The van der Waals surface area contributed by atoms with Crippen molar-refractivity contribution in [1.29, 1.82) is 0 Å². The molecule has 0 aliphatic rings. The first kappa shape index (κ1) is 6.47. The lowest BCUT2D eigenvalue weighted by Crippen LogP contribution is -2.00. The van der Waals surface area contributed by atoms with Crippen LogP contribution < -0.4 is 11.1 Å². The van der Waals surface area contributed by atoms with Gasteiger partial charge in [0, 0.05) is 6.20 Å². The molecule has 1 amide bonds. The van der Waals surface area contributed by atoms with Gasteiger partial charge in [0.25, 0.3) is 0 Å². The standard InChI is InChI=1S/C5H6N4O/c6-5-7-2-1-4(9-5)8-3-10/h1-3H,(H3,6,7,8,9,10). The molecule has 0 radical (unpaired) electrons. The monoisotopic (exact) mass is 138 g/mol. The fourth-order valence-electron chi connectivity index (χ4n) is 0.515. The van der Waals surface area contributed by atoms with E-state index in [0.29, 0.717) is 12.2 Å². The van der Waals surface area contributed by atoms with Crippen molar-refractivity contribution in [3.63, 3.8) is 0 Å². The highest BCUT2D eigenvalue weighted by Crippen LogP contribution is 1.99. The van der Waals surface area contributed by atoms with Crippen LogP contribution in [0.5, 0.6) is 0 Å². The molecule has 0 saturated carbocycles. The number of nitrogen functional groups attached to an aromatic ring is 1. The Labute approximate surface area is 57.3 Å². The molecule has 0 aliphatic heterocycles. The average molecular weight is 138 g/mol. The number of carbonyl (C=O) groups excluding carboxylic acids is 1. The largest absolute Gasteiger partial charge is 0.368 e. The molecule has 3 N–H and O–H groups in total. The van der Waals surface area contributed by atoms with Gasteiger partial charge in [0.15, 0.2) is 0 Å². The Bertz CT molecular complexity index is 237. The maximum absolute atomic E-state index is 9.87. The first-order chi connectivity index (χ1) is 4.83. The molecule has 5 nitrogen and oxygen atoms in total. The zero-order valence-corrected chi connectivity index (χ0v) is 5.11. The highest BCUT2D eigenvalue weighted by molar-refractivity contribution is 5.68. The summed E-state index contributed by atoms with van der Waals surface area (Å²) in [7, 11) is 0. The van der Waals surface area contributed by atoms with Crippen molar-refractivity contribution in [3.05, 3.63) is 12.3 Å². The predicted octanol–water partition coefficient (Wildman–Crippen LogP) is -0.373. The normalized spacial score (nSPS) is 8.80. The lowest BCUT2D eigenvalue weighted by Gasteiger charge is -1.95. The summed E-state index contributed by atoms with van der Waals surface area (Å²) in [4.78, 5) is 17.2. The molecule has 0 spiro atoms. The minimum atomic E-state index is 0.145. The van der Waals surface area contributed by atoms with Crippen molar-refractivity contribution in [1.82, 2.24) is 9.97 Å². The Kier molecular flexibility index (Phi) is 1.79. The molecule has 1 aromatic rings. The van der Waals surface area contributed by atoms with Gasteiger partial charge in [-0.15, -0.1) is 0 Å². The number of nitrogens with zero attached hydrogens (tertiary/aromatic N) is 2. The molecule has 0 aliphatic carbocycles. The minimum absolute atomic E-state index is 0.145. The summed E-state index contributed by atoms with van der Waals surface area (Å²) in [5, 5.41) is 2.34. The third-order valence-electron chi connectivity index (χ3n) is 0.881. The number of amides is 1. The number of aromatic nitrogens is 2. The van der Waals surface area contributed by atoms with Crippen LogP contribution in [0.15, 0.2) is 12.3 Å². The summed E-state index contributed by atoms with van der Waals surface area (Å²) in [6.45, 7) is 0. The van der Waals surface area contributed by atoms with Gasteiger partial charge in [0.2, 0.25) is 12.4 Å². The van der Waals surface area contributed by atoms with E-state index in [2.05, 4.69) is 15.3 Å². The van der Waals surface area contributed by atoms with Crippen LogP contribution in [0.4, 0.5) is 11.8 Å². The molecule has 1 heterocycles. The molecular formula is C5H6N4O. The van der Waals surface area contributed by atoms with E-state index in [4.69, 9.17) is 5.73 Å². The van der Waals surface area contributed by atoms with Crippen LogP contribution in [0.25, 0.3) is 0 Å². The third kappa shape index (κ3) is 1.41. The Hall–Kier alpha value is -1.65. The molecular weight excluding hydrogens is 132 g/mol.